The van der Waals surface area contributed by atoms with E-state index in [1.54, 1.807) is 17.4 Å². The van der Waals surface area contributed by atoms with Gasteiger partial charge in [-0.25, -0.2) is 0 Å². The Morgan fingerprint density at radius 2 is 2.10 bits per heavy atom. The van der Waals surface area contributed by atoms with Gasteiger partial charge >= 0.3 is 0 Å². The minimum atomic E-state index is 0.0837. The average molecular weight is 302 g/mol. The second-order valence-electron chi connectivity index (χ2n) is 4.50. The average Bonchev–Trinajstić information content (AvgIpc) is 2.97. The van der Waals surface area contributed by atoms with Crippen molar-refractivity contribution in [2.45, 2.75) is 13.0 Å². The molecule has 0 aliphatic rings. The quantitative estimate of drug-likeness (QED) is 0.649. The molecule has 0 amide bonds. The molecular formula is C16H18N2S2. The van der Waals surface area contributed by atoms with Crippen LogP contribution in [0.1, 0.15) is 22.0 Å². The SMILES string of the molecule is C=CCNC(=S)N[C@@H](c1ccc(C)cc1)c1cccs1. The van der Waals surface area contributed by atoms with Crippen molar-refractivity contribution in [1.29, 1.82) is 0 Å². The van der Waals surface area contributed by atoms with Crippen LogP contribution in [0.25, 0.3) is 0 Å². The van der Waals surface area contributed by atoms with Crippen molar-refractivity contribution in [2.75, 3.05) is 6.54 Å². The largest absolute Gasteiger partial charge is 0.359 e. The van der Waals surface area contributed by atoms with Crippen LogP contribution in [0.2, 0.25) is 0 Å². The molecule has 1 aromatic heterocycles. The molecule has 20 heavy (non-hydrogen) atoms. The second-order valence-corrected chi connectivity index (χ2v) is 5.89. The molecule has 2 rings (SSSR count). The molecule has 2 N–H and O–H groups in total. The van der Waals surface area contributed by atoms with Gasteiger partial charge in [-0.1, -0.05) is 42.0 Å². The van der Waals surface area contributed by atoms with Gasteiger partial charge in [0, 0.05) is 11.4 Å². The lowest BCUT2D eigenvalue weighted by molar-refractivity contribution is 0.760. The van der Waals surface area contributed by atoms with Crippen molar-refractivity contribution in [3.63, 3.8) is 0 Å². The van der Waals surface area contributed by atoms with Crippen molar-refractivity contribution >= 4 is 28.7 Å². The summed E-state index contributed by atoms with van der Waals surface area (Å²) < 4.78 is 0. The van der Waals surface area contributed by atoms with Crippen molar-refractivity contribution < 1.29 is 0 Å². The summed E-state index contributed by atoms with van der Waals surface area (Å²) in [5, 5.41) is 9.21. The Balaban J connectivity index is 2.19. The minimum Gasteiger partial charge on any atom is -0.359 e. The van der Waals surface area contributed by atoms with E-state index >= 15 is 0 Å². The van der Waals surface area contributed by atoms with Crippen LogP contribution < -0.4 is 10.6 Å². The van der Waals surface area contributed by atoms with Gasteiger partial charge in [0.1, 0.15) is 0 Å². The lowest BCUT2D eigenvalue weighted by Gasteiger charge is -2.20. The Morgan fingerprint density at radius 1 is 1.35 bits per heavy atom. The van der Waals surface area contributed by atoms with Gasteiger partial charge in [0.15, 0.2) is 5.11 Å². The van der Waals surface area contributed by atoms with E-state index < -0.39 is 0 Å². The van der Waals surface area contributed by atoms with Gasteiger partial charge in [-0.15, -0.1) is 17.9 Å². The lowest BCUT2D eigenvalue weighted by Crippen LogP contribution is -2.37. The number of hydrogen-bond donors (Lipinski definition) is 2. The molecule has 4 heteroatoms. The van der Waals surface area contributed by atoms with E-state index in [2.05, 4.69) is 65.9 Å². The van der Waals surface area contributed by atoms with Crippen molar-refractivity contribution in [3.8, 4) is 0 Å². The molecule has 1 atom stereocenters. The highest BCUT2D eigenvalue weighted by molar-refractivity contribution is 7.80. The molecular weight excluding hydrogens is 284 g/mol. The highest BCUT2D eigenvalue weighted by Gasteiger charge is 2.15. The summed E-state index contributed by atoms with van der Waals surface area (Å²) in [7, 11) is 0. The van der Waals surface area contributed by atoms with Gasteiger partial charge in [-0.05, 0) is 36.2 Å². The third-order valence-corrected chi connectivity index (χ3v) is 4.12. The first-order valence-corrected chi connectivity index (χ1v) is 7.74. The standard InChI is InChI=1S/C16H18N2S2/c1-3-10-17-16(19)18-15(14-5-4-11-20-14)13-8-6-12(2)7-9-13/h3-9,11,15H,1,10H2,2H3,(H2,17,18,19)/t15-/m0/s1. The van der Waals surface area contributed by atoms with E-state index in [1.165, 1.54) is 16.0 Å². The number of thiophene rings is 1. The first kappa shape index (κ1) is 14.8. The summed E-state index contributed by atoms with van der Waals surface area (Å²) in [6, 6.07) is 12.8. The first-order chi connectivity index (χ1) is 9.70. The third kappa shape index (κ3) is 3.92. The molecule has 1 aromatic carbocycles. The molecule has 0 spiro atoms. The maximum Gasteiger partial charge on any atom is 0.167 e. The summed E-state index contributed by atoms with van der Waals surface area (Å²) in [5.41, 5.74) is 2.46. The maximum absolute atomic E-state index is 5.33. The zero-order chi connectivity index (χ0) is 14.4. The smallest absolute Gasteiger partial charge is 0.167 e. The van der Waals surface area contributed by atoms with Crippen molar-refractivity contribution in [2.24, 2.45) is 0 Å². The first-order valence-electron chi connectivity index (χ1n) is 6.46. The molecule has 104 valence electrons. The van der Waals surface area contributed by atoms with Gasteiger partial charge in [0.05, 0.1) is 6.04 Å². The van der Waals surface area contributed by atoms with Crippen LogP contribution in [-0.4, -0.2) is 11.7 Å². The topological polar surface area (TPSA) is 24.1 Å². The number of aryl methyl sites for hydroxylation is 1. The monoisotopic (exact) mass is 302 g/mol. The molecule has 0 radical (unpaired) electrons. The maximum atomic E-state index is 5.33. The molecule has 2 nitrogen and oxygen atoms in total. The van der Waals surface area contributed by atoms with E-state index in [0.717, 1.165) is 0 Å². The number of thiocarbonyl (C=S) groups is 1. The Hall–Kier alpha value is -1.65. The summed E-state index contributed by atoms with van der Waals surface area (Å²) in [6.07, 6.45) is 1.79. The van der Waals surface area contributed by atoms with Crippen molar-refractivity contribution in [1.82, 2.24) is 10.6 Å². The van der Waals surface area contributed by atoms with Crippen LogP contribution in [0.15, 0.2) is 54.4 Å². The zero-order valence-electron chi connectivity index (χ0n) is 11.4. The van der Waals surface area contributed by atoms with Crippen LogP contribution in [0.3, 0.4) is 0 Å². The molecule has 1 heterocycles. The molecule has 0 bridgehead atoms. The minimum absolute atomic E-state index is 0.0837. The van der Waals surface area contributed by atoms with Crippen LogP contribution in [-0.2, 0) is 0 Å². The van der Waals surface area contributed by atoms with Crippen molar-refractivity contribution in [3.05, 3.63) is 70.4 Å². The van der Waals surface area contributed by atoms with Gasteiger partial charge in [-0.2, -0.15) is 0 Å². The molecule has 0 unspecified atom stereocenters. The van der Waals surface area contributed by atoms with Gasteiger partial charge in [0.25, 0.3) is 0 Å². The summed E-state index contributed by atoms with van der Waals surface area (Å²) in [4.78, 5) is 1.25. The Labute approximate surface area is 129 Å². The fourth-order valence-corrected chi connectivity index (χ4v) is 2.88. The van der Waals surface area contributed by atoms with Crippen LogP contribution >= 0.6 is 23.6 Å². The van der Waals surface area contributed by atoms with E-state index in [1.807, 2.05) is 0 Å². The number of benzene rings is 1. The summed E-state index contributed by atoms with van der Waals surface area (Å²) >= 11 is 7.06. The fourth-order valence-electron chi connectivity index (χ4n) is 1.88. The van der Waals surface area contributed by atoms with E-state index in [4.69, 9.17) is 12.2 Å². The summed E-state index contributed by atoms with van der Waals surface area (Å²) in [6.45, 7) is 6.44. The van der Waals surface area contributed by atoms with Gasteiger partial charge in [-0.3, -0.25) is 0 Å². The van der Waals surface area contributed by atoms with Crippen LogP contribution in [0, 0.1) is 6.92 Å². The number of rotatable bonds is 5. The normalized spacial score (nSPS) is 11.7. The fraction of sp³-hybridized carbons (Fsp3) is 0.188. The van der Waals surface area contributed by atoms with Gasteiger partial charge < -0.3 is 10.6 Å². The van der Waals surface area contributed by atoms with E-state index in [-0.39, 0.29) is 6.04 Å². The molecule has 0 aliphatic heterocycles. The predicted octanol–water partition coefficient (Wildman–Crippen LogP) is 3.80. The van der Waals surface area contributed by atoms with Gasteiger partial charge in [0.2, 0.25) is 0 Å². The number of hydrogen-bond acceptors (Lipinski definition) is 2. The molecule has 2 aromatic rings. The predicted molar refractivity (Wildman–Crippen MR) is 91.3 cm³/mol. The zero-order valence-corrected chi connectivity index (χ0v) is 13.1. The summed E-state index contributed by atoms with van der Waals surface area (Å²) in [5.74, 6) is 0. The Kier molecular flexibility index (Phi) is 5.32. The lowest BCUT2D eigenvalue weighted by atomic mass is 10.0. The molecule has 0 fully saturated rings. The second kappa shape index (κ2) is 7.22. The highest BCUT2D eigenvalue weighted by Crippen LogP contribution is 2.26. The van der Waals surface area contributed by atoms with E-state index in [0.29, 0.717) is 11.7 Å². The highest BCUT2D eigenvalue weighted by atomic mass is 32.1. The number of nitrogens with one attached hydrogen (secondary N) is 2. The van der Waals surface area contributed by atoms with Crippen LogP contribution in [0.4, 0.5) is 0 Å². The van der Waals surface area contributed by atoms with Crippen LogP contribution in [0.5, 0.6) is 0 Å². The van der Waals surface area contributed by atoms with E-state index in [9.17, 15) is 0 Å². The molecule has 0 aliphatic carbocycles. The molecule has 0 saturated carbocycles. The third-order valence-electron chi connectivity index (χ3n) is 2.92. The molecule has 0 saturated heterocycles. The Bertz CT molecular complexity index is 559. The Morgan fingerprint density at radius 3 is 2.70 bits per heavy atom.